The summed E-state index contributed by atoms with van der Waals surface area (Å²) in [5.41, 5.74) is 7.44. The van der Waals surface area contributed by atoms with E-state index in [0.29, 0.717) is 12.6 Å². The van der Waals surface area contributed by atoms with E-state index in [0.717, 1.165) is 30.6 Å². The molecule has 1 heterocycles. The van der Waals surface area contributed by atoms with Crippen LogP contribution in [0.5, 0.6) is 0 Å². The number of benzene rings is 1. The van der Waals surface area contributed by atoms with Crippen molar-refractivity contribution in [3.8, 4) is 0 Å². The van der Waals surface area contributed by atoms with Crippen LogP contribution in [0.25, 0.3) is 0 Å². The Labute approximate surface area is 108 Å². The Balaban J connectivity index is 1.97. The number of piperidine rings is 1. The second-order valence-corrected chi connectivity index (χ2v) is 4.87. The number of hydrogen-bond donors (Lipinski definition) is 2. The van der Waals surface area contributed by atoms with E-state index < -0.39 is 0 Å². The van der Waals surface area contributed by atoms with Crippen LogP contribution in [0.15, 0.2) is 24.3 Å². The van der Waals surface area contributed by atoms with E-state index in [9.17, 15) is 4.79 Å². The Morgan fingerprint density at radius 2 is 2.11 bits per heavy atom. The molecule has 4 heteroatoms. The van der Waals surface area contributed by atoms with Crippen molar-refractivity contribution < 1.29 is 4.79 Å². The molecule has 18 heavy (non-hydrogen) atoms. The number of carbonyl (C=O) groups is 1. The molecular weight excluding hydrogens is 226 g/mol. The molecule has 1 fully saturated rings. The number of nitrogens with one attached hydrogen (secondary N) is 1. The molecule has 0 aliphatic carbocycles. The number of hydrogen-bond acceptors (Lipinski definition) is 2. The zero-order chi connectivity index (χ0) is 13.0. The van der Waals surface area contributed by atoms with Gasteiger partial charge in [0.1, 0.15) is 0 Å². The fourth-order valence-corrected chi connectivity index (χ4v) is 2.32. The Bertz CT molecular complexity index is 402. The summed E-state index contributed by atoms with van der Waals surface area (Å²) in [4.78, 5) is 14.0. The van der Waals surface area contributed by atoms with Gasteiger partial charge in [-0.05, 0) is 43.9 Å². The molecule has 0 saturated carbocycles. The number of carbonyl (C=O) groups excluding carboxylic acids is 1. The van der Waals surface area contributed by atoms with Gasteiger partial charge in [0, 0.05) is 24.8 Å². The van der Waals surface area contributed by atoms with Gasteiger partial charge >= 0.3 is 6.03 Å². The van der Waals surface area contributed by atoms with Gasteiger partial charge in [0.25, 0.3) is 0 Å². The van der Waals surface area contributed by atoms with Gasteiger partial charge in [-0.2, -0.15) is 0 Å². The molecule has 0 radical (unpaired) electrons. The van der Waals surface area contributed by atoms with Gasteiger partial charge in [0.15, 0.2) is 0 Å². The average molecular weight is 247 g/mol. The standard InChI is InChI=1S/C14H21N3O/c1-11-4-2-3-9-17(11)14(18)16-13-7-5-12(10-15)6-8-13/h5-8,11H,2-4,9-10,15H2,1H3,(H,16,18). The summed E-state index contributed by atoms with van der Waals surface area (Å²) in [6.07, 6.45) is 3.42. The second-order valence-electron chi connectivity index (χ2n) is 4.87. The molecule has 98 valence electrons. The zero-order valence-corrected chi connectivity index (χ0v) is 10.9. The van der Waals surface area contributed by atoms with Crippen LogP contribution in [-0.2, 0) is 6.54 Å². The topological polar surface area (TPSA) is 58.4 Å². The van der Waals surface area contributed by atoms with E-state index in [1.165, 1.54) is 6.42 Å². The number of rotatable bonds is 2. The molecule has 1 aromatic carbocycles. The highest BCUT2D eigenvalue weighted by atomic mass is 16.2. The lowest BCUT2D eigenvalue weighted by Gasteiger charge is -2.33. The largest absolute Gasteiger partial charge is 0.326 e. The van der Waals surface area contributed by atoms with Crippen molar-refractivity contribution in [2.24, 2.45) is 5.73 Å². The molecule has 3 N–H and O–H groups in total. The van der Waals surface area contributed by atoms with Crippen molar-refractivity contribution in [1.29, 1.82) is 0 Å². The van der Waals surface area contributed by atoms with Crippen LogP contribution in [-0.4, -0.2) is 23.5 Å². The van der Waals surface area contributed by atoms with Gasteiger partial charge in [-0.3, -0.25) is 0 Å². The van der Waals surface area contributed by atoms with Crippen molar-refractivity contribution >= 4 is 11.7 Å². The lowest BCUT2D eigenvalue weighted by atomic mass is 10.0. The first-order valence-electron chi connectivity index (χ1n) is 6.57. The molecule has 1 aliphatic heterocycles. The van der Waals surface area contributed by atoms with Crippen molar-refractivity contribution in [3.05, 3.63) is 29.8 Å². The molecular formula is C14H21N3O. The fourth-order valence-electron chi connectivity index (χ4n) is 2.32. The fraction of sp³-hybridized carbons (Fsp3) is 0.500. The third-order valence-electron chi connectivity index (χ3n) is 3.50. The molecule has 2 amide bonds. The van der Waals surface area contributed by atoms with Gasteiger partial charge in [-0.15, -0.1) is 0 Å². The molecule has 1 unspecified atom stereocenters. The van der Waals surface area contributed by atoms with Crippen LogP contribution in [0, 0.1) is 0 Å². The first-order chi connectivity index (χ1) is 8.70. The van der Waals surface area contributed by atoms with Crippen LogP contribution in [0.3, 0.4) is 0 Å². The van der Waals surface area contributed by atoms with Crippen LogP contribution < -0.4 is 11.1 Å². The Morgan fingerprint density at radius 1 is 1.39 bits per heavy atom. The first kappa shape index (κ1) is 12.9. The molecule has 1 aromatic rings. The van der Waals surface area contributed by atoms with Crippen molar-refractivity contribution in [2.45, 2.75) is 38.8 Å². The monoisotopic (exact) mass is 247 g/mol. The number of nitrogens with zero attached hydrogens (tertiary/aromatic N) is 1. The highest BCUT2D eigenvalue weighted by molar-refractivity contribution is 5.89. The van der Waals surface area contributed by atoms with E-state index in [2.05, 4.69) is 12.2 Å². The van der Waals surface area contributed by atoms with Gasteiger partial charge in [0.2, 0.25) is 0 Å². The third-order valence-corrected chi connectivity index (χ3v) is 3.50. The summed E-state index contributed by atoms with van der Waals surface area (Å²) < 4.78 is 0. The zero-order valence-electron chi connectivity index (χ0n) is 10.9. The van der Waals surface area contributed by atoms with Crippen molar-refractivity contribution in [2.75, 3.05) is 11.9 Å². The Morgan fingerprint density at radius 3 is 2.72 bits per heavy atom. The number of likely N-dealkylation sites (tertiary alicyclic amines) is 1. The van der Waals surface area contributed by atoms with E-state index in [1.807, 2.05) is 29.2 Å². The Hall–Kier alpha value is -1.55. The maximum atomic E-state index is 12.1. The molecule has 0 spiro atoms. The average Bonchev–Trinajstić information content (AvgIpc) is 2.40. The first-order valence-corrected chi connectivity index (χ1v) is 6.57. The quantitative estimate of drug-likeness (QED) is 0.843. The summed E-state index contributed by atoms with van der Waals surface area (Å²) in [5, 5.41) is 2.94. The summed E-state index contributed by atoms with van der Waals surface area (Å²) in [6.45, 7) is 3.49. The minimum atomic E-state index is 0.00250. The molecule has 1 aliphatic rings. The highest BCUT2D eigenvalue weighted by Gasteiger charge is 2.22. The number of nitrogens with two attached hydrogens (primary N) is 1. The van der Waals surface area contributed by atoms with E-state index >= 15 is 0 Å². The van der Waals surface area contributed by atoms with E-state index in [4.69, 9.17) is 5.73 Å². The highest BCUT2D eigenvalue weighted by Crippen LogP contribution is 2.18. The summed E-state index contributed by atoms with van der Waals surface area (Å²) in [7, 11) is 0. The van der Waals surface area contributed by atoms with Crippen molar-refractivity contribution in [3.63, 3.8) is 0 Å². The van der Waals surface area contributed by atoms with Gasteiger partial charge in [-0.1, -0.05) is 12.1 Å². The predicted molar refractivity (Wildman–Crippen MR) is 73.4 cm³/mol. The summed E-state index contributed by atoms with van der Waals surface area (Å²) in [6, 6.07) is 8.01. The summed E-state index contributed by atoms with van der Waals surface area (Å²) in [5.74, 6) is 0. The van der Waals surface area contributed by atoms with Crippen LogP contribution >= 0.6 is 0 Å². The van der Waals surface area contributed by atoms with Gasteiger partial charge in [0.05, 0.1) is 0 Å². The molecule has 0 aromatic heterocycles. The predicted octanol–water partition coefficient (Wildman–Crippen LogP) is 2.55. The van der Waals surface area contributed by atoms with E-state index in [1.54, 1.807) is 0 Å². The minimum absolute atomic E-state index is 0.00250. The van der Waals surface area contributed by atoms with Gasteiger partial charge in [-0.25, -0.2) is 4.79 Å². The Kier molecular flexibility index (Phi) is 4.20. The normalized spacial score (nSPS) is 19.7. The SMILES string of the molecule is CC1CCCCN1C(=O)Nc1ccc(CN)cc1. The molecule has 2 rings (SSSR count). The number of amides is 2. The van der Waals surface area contributed by atoms with Crippen LogP contribution in [0.2, 0.25) is 0 Å². The maximum absolute atomic E-state index is 12.1. The third kappa shape index (κ3) is 3.01. The summed E-state index contributed by atoms with van der Waals surface area (Å²) >= 11 is 0. The number of urea groups is 1. The minimum Gasteiger partial charge on any atom is -0.326 e. The van der Waals surface area contributed by atoms with Crippen LogP contribution in [0.1, 0.15) is 31.7 Å². The lowest BCUT2D eigenvalue weighted by Crippen LogP contribution is -2.44. The molecule has 4 nitrogen and oxygen atoms in total. The number of anilines is 1. The van der Waals surface area contributed by atoms with Gasteiger partial charge < -0.3 is 16.0 Å². The lowest BCUT2D eigenvalue weighted by molar-refractivity contribution is 0.170. The van der Waals surface area contributed by atoms with Crippen molar-refractivity contribution in [1.82, 2.24) is 4.90 Å². The molecule has 1 saturated heterocycles. The smallest absolute Gasteiger partial charge is 0.322 e. The molecule has 0 bridgehead atoms. The van der Waals surface area contributed by atoms with Crippen LogP contribution in [0.4, 0.5) is 10.5 Å². The maximum Gasteiger partial charge on any atom is 0.322 e. The molecule has 1 atom stereocenters. The second kappa shape index (κ2) is 5.87. The van der Waals surface area contributed by atoms with E-state index in [-0.39, 0.29) is 6.03 Å².